The van der Waals surface area contributed by atoms with Gasteiger partial charge in [0.2, 0.25) is 0 Å². The van der Waals surface area contributed by atoms with Crippen LogP contribution in [0.4, 0.5) is 11.4 Å². The van der Waals surface area contributed by atoms with Crippen LogP contribution >= 0.6 is 0 Å². The molecule has 4 nitrogen and oxygen atoms in total. The normalized spacial score (nSPS) is 15.5. The molecule has 1 heterocycles. The van der Waals surface area contributed by atoms with E-state index in [1.54, 1.807) is 0 Å². The Morgan fingerprint density at radius 1 is 1.08 bits per heavy atom. The number of benzene rings is 2. The van der Waals surface area contributed by atoms with Crippen LogP contribution < -0.4 is 15.0 Å². The smallest absolute Gasteiger partial charge is 0.252 e. The van der Waals surface area contributed by atoms with Gasteiger partial charge in [-0.25, -0.2) is 0 Å². The van der Waals surface area contributed by atoms with Crippen molar-refractivity contribution in [2.24, 2.45) is 0 Å². The molecule has 0 radical (unpaired) electrons. The van der Waals surface area contributed by atoms with Gasteiger partial charge in [-0.15, -0.1) is 0 Å². The second kappa shape index (κ2) is 7.18. The summed E-state index contributed by atoms with van der Waals surface area (Å²) >= 11 is 0. The topological polar surface area (TPSA) is 41.6 Å². The molecule has 0 aliphatic carbocycles. The fourth-order valence-corrected chi connectivity index (χ4v) is 3.11. The number of rotatable bonds is 6. The minimum absolute atomic E-state index is 0.0958. The largest absolute Gasteiger partial charge is 0.494 e. The first-order valence-electron chi connectivity index (χ1n) is 8.92. The van der Waals surface area contributed by atoms with E-state index in [9.17, 15) is 4.79 Å². The van der Waals surface area contributed by atoms with Crippen LogP contribution in [0.3, 0.4) is 0 Å². The maximum Gasteiger partial charge on any atom is 0.252 e. The third-order valence-electron chi connectivity index (χ3n) is 4.55. The first kappa shape index (κ1) is 17.3. The number of nitrogens with one attached hydrogen (secondary N) is 1. The maximum atomic E-state index is 12.8. The molecule has 1 amide bonds. The van der Waals surface area contributed by atoms with Gasteiger partial charge in [-0.2, -0.15) is 0 Å². The van der Waals surface area contributed by atoms with Gasteiger partial charge in [-0.3, -0.25) is 4.79 Å². The molecule has 4 heteroatoms. The lowest BCUT2D eigenvalue weighted by atomic mass is 9.98. The molecule has 0 atom stereocenters. The highest BCUT2D eigenvalue weighted by Gasteiger charge is 2.37. The summed E-state index contributed by atoms with van der Waals surface area (Å²) in [5.41, 5.74) is 2.66. The first-order chi connectivity index (χ1) is 12.0. The number of hydrogen-bond donors (Lipinski definition) is 1. The molecular formula is C21H26N2O2. The highest BCUT2D eigenvalue weighted by molar-refractivity contribution is 6.07. The molecule has 0 saturated carbocycles. The summed E-state index contributed by atoms with van der Waals surface area (Å²) in [4.78, 5) is 14.6. The fraction of sp³-hybridized carbons (Fsp3) is 0.381. The lowest BCUT2D eigenvalue weighted by Crippen LogP contribution is -2.54. The van der Waals surface area contributed by atoms with Crippen molar-refractivity contribution in [3.05, 3.63) is 54.1 Å². The molecule has 0 spiro atoms. The zero-order valence-electron chi connectivity index (χ0n) is 15.2. The summed E-state index contributed by atoms with van der Waals surface area (Å²) in [7, 11) is 0. The van der Waals surface area contributed by atoms with Crippen LogP contribution in [0.5, 0.6) is 5.75 Å². The number of ether oxygens (including phenoxy) is 1. The average Bonchev–Trinajstić information content (AvgIpc) is 2.61. The number of hydrogen-bond acceptors (Lipinski definition) is 3. The molecule has 0 unspecified atom stereocenters. The van der Waals surface area contributed by atoms with Crippen LogP contribution in [-0.4, -0.2) is 24.6 Å². The first-order valence-corrected chi connectivity index (χ1v) is 8.92. The molecule has 1 N–H and O–H groups in total. The van der Waals surface area contributed by atoms with Crippen molar-refractivity contribution >= 4 is 17.3 Å². The van der Waals surface area contributed by atoms with E-state index < -0.39 is 5.54 Å². The zero-order valence-corrected chi connectivity index (χ0v) is 15.2. The SMILES string of the molecule is CCc1ccc(OCCCN2C(=O)C(C)(C)Nc3ccccc32)cc1. The standard InChI is InChI=1S/C21H26N2O2/c1-4-16-10-12-17(13-11-16)25-15-7-14-23-19-9-6-5-8-18(19)22-21(2,3)20(23)24/h5-6,8-13,22H,4,7,14-15H2,1-3H3. The molecule has 2 aromatic rings. The van der Waals surface area contributed by atoms with Crippen LogP contribution in [0, 0.1) is 0 Å². The van der Waals surface area contributed by atoms with Crippen molar-refractivity contribution < 1.29 is 9.53 Å². The van der Waals surface area contributed by atoms with E-state index in [1.165, 1.54) is 5.56 Å². The van der Waals surface area contributed by atoms with Gasteiger partial charge >= 0.3 is 0 Å². The predicted octanol–water partition coefficient (Wildman–Crippen LogP) is 4.26. The van der Waals surface area contributed by atoms with Crippen LogP contribution in [0.2, 0.25) is 0 Å². The van der Waals surface area contributed by atoms with E-state index in [1.807, 2.05) is 55.1 Å². The highest BCUT2D eigenvalue weighted by atomic mass is 16.5. The molecular weight excluding hydrogens is 312 g/mol. The summed E-state index contributed by atoms with van der Waals surface area (Å²) in [5, 5.41) is 3.32. The van der Waals surface area contributed by atoms with E-state index in [0.29, 0.717) is 13.2 Å². The van der Waals surface area contributed by atoms with E-state index in [0.717, 1.165) is 30.0 Å². The minimum atomic E-state index is -0.592. The molecule has 0 bridgehead atoms. The zero-order chi connectivity index (χ0) is 17.9. The van der Waals surface area contributed by atoms with E-state index >= 15 is 0 Å². The van der Waals surface area contributed by atoms with Crippen LogP contribution in [-0.2, 0) is 11.2 Å². The molecule has 0 fully saturated rings. The number of carbonyl (C=O) groups is 1. The highest BCUT2D eigenvalue weighted by Crippen LogP contribution is 2.34. The summed E-state index contributed by atoms with van der Waals surface area (Å²) in [5.74, 6) is 0.975. The maximum absolute atomic E-state index is 12.8. The van der Waals surface area contributed by atoms with Gasteiger partial charge in [-0.05, 0) is 56.5 Å². The Balaban J connectivity index is 1.61. The number of para-hydroxylation sites is 2. The molecule has 1 aliphatic rings. The second-order valence-electron chi connectivity index (χ2n) is 6.92. The van der Waals surface area contributed by atoms with Gasteiger partial charge in [0.25, 0.3) is 5.91 Å². The summed E-state index contributed by atoms with van der Waals surface area (Å²) in [6.45, 7) is 7.22. The van der Waals surface area contributed by atoms with Gasteiger partial charge < -0.3 is 15.0 Å². The van der Waals surface area contributed by atoms with Gasteiger partial charge in [0, 0.05) is 6.54 Å². The Hall–Kier alpha value is -2.49. The number of amides is 1. The van der Waals surface area contributed by atoms with E-state index in [-0.39, 0.29) is 5.91 Å². The fourth-order valence-electron chi connectivity index (χ4n) is 3.11. The molecule has 0 aromatic heterocycles. The Bertz CT molecular complexity index is 738. The van der Waals surface area contributed by atoms with Crippen molar-refractivity contribution in [3.8, 4) is 5.75 Å². The summed E-state index contributed by atoms with van der Waals surface area (Å²) in [6, 6.07) is 16.1. The summed E-state index contributed by atoms with van der Waals surface area (Å²) in [6.07, 6.45) is 1.81. The molecule has 132 valence electrons. The molecule has 25 heavy (non-hydrogen) atoms. The lowest BCUT2D eigenvalue weighted by molar-refractivity contribution is -0.122. The quantitative estimate of drug-likeness (QED) is 0.800. The number of carbonyl (C=O) groups excluding carboxylic acids is 1. The summed E-state index contributed by atoms with van der Waals surface area (Å²) < 4.78 is 5.82. The second-order valence-corrected chi connectivity index (χ2v) is 6.92. The van der Waals surface area contributed by atoms with Gasteiger partial charge in [0.05, 0.1) is 18.0 Å². The van der Waals surface area contributed by atoms with Crippen molar-refractivity contribution in [1.82, 2.24) is 0 Å². The van der Waals surface area contributed by atoms with Gasteiger partial charge in [0.1, 0.15) is 11.3 Å². The van der Waals surface area contributed by atoms with E-state index in [4.69, 9.17) is 4.74 Å². The third-order valence-corrected chi connectivity index (χ3v) is 4.55. The van der Waals surface area contributed by atoms with E-state index in [2.05, 4.69) is 24.4 Å². The molecule has 2 aromatic carbocycles. The molecule has 1 aliphatic heterocycles. The Morgan fingerprint density at radius 2 is 1.80 bits per heavy atom. The molecule has 3 rings (SSSR count). The van der Waals surface area contributed by atoms with Crippen molar-refractivity contribution in [3.63, 3.8) is 0 Å². The lowest BCUT2D eigenvalue weighted by Gasteiger charge is -2.40. The molecule has 0 saturated heterocycles. The Morgan fingerprint density at radius 3 is 2.52 bits per heavy atom. The van der Waals surface area contributed by atoms with Crippen LogP contribution in [0.1, 0.15) is 32.8 Å². The van der Waals surface area contributed by atoms with Crippen LogP contribution in [0.25, 0.3) is 0 Å². The third kappa shape index (κ3) is 3.78. The predicted molar refractivity (Wildman–Crippen MR) is 102 cm³/mol. The van der Waals surface area contributed by atoms with Crippen molar-refractivity contribution in [2.45, 2.75) is 39.2 Å². The van der Waals surface area contributed by atoms with Gasteiger partial charge in [-0.1, -0.05) is 31.2 Å². The van der Waals surface area contributed by atoms with Crippen molar-refractivity contribution in [2.75, 3.05) is 23.4 Å². The number of nitrogens with zero attached hydrogens (tertiary/aromatic N) is 1. The number of aryl methyl sites for hydroxylation is 1. The minimum Gasteiger partial charge on any atom is -0.494 e. The monoisotopic (exact) mass is 338 g/mol. The Labute approximate surface area is 149 Å². The van der Waals surface area contributed by atoms with Crippen molar-refractivity contribution in [1.29, 1.82) is 0 Å². The average molecular weight is 338 g/mol. The number of fused-ring (bicyclic) bond motifs is 1. The van der Waals surface area contributed by atoms with Crippen LogP contribution in [0.15, 0.2) is 48.5 Å². The Kier molecular flexibility index (Phi) is 4.98. The number of anilines is 2. The van der Waals surface area contributed by atoms with Gasteiger partial charge in [0.15, 0.2) is 0 Å².